The Morgan fingerprint density at radius 2 is 1.94 bits per heavy atom. The number of rotatable bonds is 3. The second kappa shape index (κ2) is 6.42. The first-order valence-electron chi connectivity index (χ1n) is 6.71. The summed E-state index contributed by atoms with van der Waals surface area (Å²) in [6.45, 7) is 7.10. The van der Waals surface area contributed by atoms with Crippen LogP contribution in [0.5, 0.6) is 0 Å². The molecule has 1 nitrogen and oxygen atoms in total. The molecular weight excluding hydrogens is 354 g/mol. The average molecular weight is 375 g/mol. The lowest BCUT2D eigenvalue weighted by molar-refractivity contribution is 0.311. The molecule has 0 spiro atoms. The smallest absolute Gasteiger partial charge is 0.0408 e. The van der Waals surface area contributed by atoms with Crippen LogP contribution in [0.1, 0.15) is 32.3 Å². The van der Waals surface area contributed by atoms with Crippen LogP contribution in [-0.4, -0.2) is 13.1 Å². The first kappa shape index (κ1) is 14.4. The average Bonchev–Trinajstić information content (AvgIpc) is 2.38. The van der Waals surface area contributed by atoms with Gasteiger partial charge in [-0.15, -0.1) is 0 Å². The lowest BCUT2D eigenvalue weighted by Crippen LogP contribution is -2.35. The highest BCUT2D eigenvalue weighted by Gasteiger charge is 2.22. The molecule has 0 atom stereocenters. The van der Waals surface area contributed by atoms with E-state index < -0.39 is 0 Å². The van der Waals surface area contributed by atoms with Gasteiger partial charge >= 0.3 is 0 Å². The minimum absolute atomic E-state index is 0.827. The van der Waals surface area contributed by atoms with Gasteiger partial charge in [-0.2, -0.15) is 0 Å². The van der Waals surface area contributed by atoms with E-state index >= 15 is 0 Å². The van der Waals surface area contributed by atoms with E-state index in [0.717, 1.165) is 21.6 Å². The van der Waals surface area contributed by atoms with Crippen LogP contribution >= 0.6 is 31.9 Å². The second-order valence-electron chi connectivity index (χ2n) is 5.48. The molecule has 1 saturated heterocycles. The number of halogens is 2. The Balaban J connectivity index is 2.09. The fraction of sp³-hybridized carbons (Fsp3) is 0.600. The number of nitrogens with zero attached hydrogens (tertiary/aromatic N) is 1. The molecule has 1 aromatic rings. The van der Waals surface area contributed by atoms with Crippen molar-refractivity contribution >= 4 is 37.5 Å². The van der Waals surface area contributed by atoms with Gasteiger partial charge in [0.25, 0.3) is 0 Å². The maximum absolute atomic E-state index is 3.60. The molecule has 0 radical (unpaired) electrons. The summed E-state index contributed by atoms with van der Waals surface area (Å²) in [6, 6.07) is 6.62. The lowest BCUT2D eigenvalue weighted by Gasteiger charge is -2.36. The quantitative estimate of drug-likeness (QED) is 0.656. The van der Waals surface area contributed by atoms with E-state index in [-0.39, 0.29) is 0 Å². The SMILES string of the molecule is CC(C)C1CCN(c2ccc(Br)cc2CBr)CC1. The van der Waals surface area contributed by atoms with Crippen molar-refractivity contribution in [3.63, 3.8) is 0 Å². The monoisotopic (exact) mass is 373 g/mol. The topological polar surface area (TPSA) is 3.24 Å². The highest BCUT2D eigenvalue weighted by atomic mass is 79.9. The van der Waals surface area contributed by atoms with Gasteiger partial charge in [0.05, 0.1) is 0 Å². The van der Waals surface area contributed by atoms with Gasteiger partial charge in [-0.25, -0.2) is 0 Å². The molecule has 1 aliphatic rings. The van der Waals surface area contributed by atoms with Crippen molar-refractivity contribution in [2.45, 2.75) is 32.0 Å². The van der Waals surface area contributed by atoms with Crippen molar-refractivity contribution < 1.29 is 0 Å². The van der Waals surface area contributed by atoms with Gasteiger partial charge < -0.3 is 4.90 Å². The summed E-state index contributed by atoms with van der Waals surface area (Å²) in [6.07, 6.45) is 2.66. The Hall–Kier alpha value is -0.0200. The van der Waals surface area contributed by atoms with Crippen LogP contribution in [0.25, 0.3) is 0 Å². The van der Waals surface area contributed by atoms with Gasteiger partial charge in [-0.3, -0.25) is 0 Å². The van der Waals surface area contributed by atoms with E-state index in [1.807, 2.05) is 0 Å². The maximum atomic E-state index is 3.60. The molecule has 0 bridgehead atoms. The molecule has 1 aliphatic heterocycles. The van der Waals surface area contributed by atoms with Crippen LogP contribution in [0.3, 0.4) is 0 Å². The molecule has 0 N–H and O–H groups in total. The third kappa shape index (κ3) is 3.30. The molecule has 3 heteroatoms. The van der Waals surface area contributed by atoms with Gasteiger partial charge in [0.2, 0.25) is 0 Å². The van der Waals surface area contributed by atoms with E-state index in [9.17, 15) is 0 Å². The summed E-state index contributed by atoms with van der Waals surface area (Å²) in [5.41, 5.74) is 2.78. The largest absolute Gasteiger partial charge is 0.371 e. The fourth-order valence-electron chi connectivity index (χ4n) is 2.78. The van der Waals surface area contributed by atoms with Crippen LogP contribution in [0.15, 0.2) is 22.7 Å². The van der Waals surface area contributed by atoms with Crippen molar-refractivity contribution in [1.29, 1.82) is 0 Å². The highest BCUT2D eigenvalue weighted by molar-refractivity contribution is 9.10. The van der Waals surface area contributed by atoms with Gasteiger partial charge in [0, 0.05) is 28.6 Å². The number of hydrogen-bond donors (Lipinski definition) is 0. The van der Waals surface area contributed by atoms with Crippen LogP contribution in [0, 0.1) is 11.8 Å². The Kier molecular flexibility index (Phi) is 5.14. The van der Waals surface area contributed by atoms with Gasteiger partial charge in [0.1, 0.15) is 0 Å². The predicted molar refractivity (Wildman–Crippen MR) is 86.5 cm³/mol. The maximum Gasteiger partial charge on any atom is 0.0408 e. The van der Waals surface area contributed by atoms with Gasteiger partial charge in [0.15, 0.2) is 0 Å². The zero-order chi connectivity index (χ0) is 13.1. The third-order valence-corrected chi connectivity index (χ3v) is 5.11. The summed E-state index contributed by atoms with van der Waals surface area (Å²) in [5.74, 6) is 1.73. The molecule has 0 amide bonds. The van der Waals surface area contributed by atoms with E-state index in [4.69, 9.17) is 0 Å². The molecule has 1 aromatic carbocycles. The summed E-state index contributed by atoms with van der Waals surface area (Å²) in [4.78, 5) is 2.54. The molecular formula is C15H21Br2N. The van der Waals surface area contributed by atoms with Crippen LogP contribution in [-0.2, 0) is 5.33 Å². The molecule has 0 aromatic heterocycles. The molecule has 0 unspecified atom stereocenters. The summed E-state index contributed by atoms with van der Waals surface area (Å²) in [5, 5.41) is 0.923. The van der Waals surface area contributed by atoms with E-state index in [1.54, 1.807) is 0 Å². The third-order valence-electron chi connectivity index (χ3n) is 4.01. The molecule has 0 aliphatic carbocycles. The first-order chi connectivity index (χ1) is 8.61. The minimum atomic E-state index is 0.827. The lowest BCUT2D eigenvalue weighted by atomic mass is 9.86. The predicted octanol–water partition coefficient (Wildman–Crippen LogP) is 5.22. The number of piperidine rings is 1. The Morgan fingerprint density at radius 1 is 1.28 bits per heavy atom. The van der Waals surface area contributed by atoms with E-state index in [1.165, 1.54) is 37.2 Å². The summed E-state index contributed by atoms with van der Waals surface area (Å²) >= 11 is 7.15. The second-order valence-corrected chi connectivity index (χ2v) is 6.95. The highest BCUT2D eigenvalue weighted by Crippen LogP contribution is 2.31. The van der Waals surface area contributed by atoms with Crippen molar-refractivity contribution in [3.8, 4) is 0 Å². The van der Waals surface area contributed by atoms with Gasteiger partial charge in [-0.1, -0.05) is 45.7 Å². The molecule has 2 rings (SSSR count). The number of hydrogen-bond acceptors (Lipinski definition) is 1. The molecule has 1 heterocycles. The van der Waals surface area contributed by atoms with Crippen molar-refractivity contribution in [2.75, 3.05) is 18.0 Å². The fourth-order valence-corrected chi connectivity index (χ4v) is 3.63. The summed E-state index contributed by atoms with van der Waals surface area (Å²) in [7, 11) is 0. The van der Waals surface area contributed by atoms with Gasteiger partial charge in [-0.05, 0) is 48.4 Å². The van der Waals surface area contributed by atoms with Crippen molar-refractivity contribution in [1.82, 2.24) is 0 Å². The zero-order valence-electron chi connectivity index (χ0n) is 11.1. The number of anilines is 1. The van der Waals surface area contributed by atoms with E-state index in [2.05, 4.69) is 68.8 Å². The Bertz CT molecular complexity index is 395. The minimum Gasteiger partial charge on any atom is -0.371 e. The van der Waals surface area contributed by atoms with Crippen LogP contribution < -0.4 is 4.90 Å². The van der Waals surface area contributed by atoms with E-state index in [0.29, 0.717) is 0 Å². The Labute approximate surface area is 127 Å². The van der Waals surface area contributed by atoms with Crippen LogP contribution in [0.2, 0.25) is 0 Å². The summed E-state index contributed by atoms with van der Waals surface area (Å²) < 4.78 is 1.16. The number of alkyl halides is 1. The Morgan fingerprint density at radius 3 is 2.50 bits per heavy atom. The standard InChI is InChI=1S/C15H21Br2N/c1-11(2)12-5-7-18(8-6-12)15-4-3-14(17)9-13(15)10-16/h3-4,9,11-12H,5-8,10H2,1-2H3. The van der Waals surface area contributed by atoms with Crippen LogP contribution in [0.4, 0.5) is 5.69 Å². The zero-order valence-corrected chi connectivity index (χ0v) is 14.3. The molecule has 0 saturated carbocycles. The first-order valence-corrected chi connectivity index (χ1v) is 8.62. The molecule has 1 fully saturated rings. The van der Waals surface area contributed by atoms with Crippen molar-refractivity contribution in [3.05, 3.63) is 28.2 Å². The number of benzene rings is 1. The normalized spacial score (nSPS) is 17.5. The van der Waals surface area contributed by atoms with Crippen molar-refractivity contribution in [2.24, 2.45) is 11.8 Å². The molecule has 100 valence electrons. The molecule has 18 heavy (non-hydrogen) atoms.